The molecule has 2 bridgehead atoms. The second-order valence-corrected chi connectivity index (χ2v) is 12.3. The van der Waals surface area contributed by atoms with Crippen LogP contribution in [0.3, 0.4) is 0 Å². The molecule has 198 valence electrons. The van der Waals surface area contributed by atoms with Gasteiger partial charge in [-0.1, -0.05) is 74.9 Å². The van der Waals surface area contributed by atoms with E-state index in [1.54, 1.807) is 6.08 Å². The Balaban J connectivity index is 1.17. The molecule has 37 heavy (non-hydrogen) atoms. The molecule has 1 N–H and O–H groups in total. The SMILES string of the molecule is C=C(CB1O[C@H]2[C@@H]3CC[C@@H](C3(C)C)[C@]2(c2ccccc2)O1)C[C@H](C)C[C@@H]1CC=C[C@@H](C/C=C/C(=O)O)O1. The maximum Gasteiger partial charge on any atom is 0.462 e. The van der Waals surface area contributed by atoms with E-state index < -0.39 is 5.97 Å². The van der Waals surface area contributed by atoms with Crippen LogP contribution in [0.25, 0.3) is 0 Å². The van der Waals surface area contributed by atoms with Crippen LogP contribution in [0.15, 0.2) is 66.8 Å². The zero-order chi connectivity index (χ0) is 26.2. The van der Waals surface area contributed by atoms with E-state index in [-0.39, 0.29) is 36.4 Å². The number of hydrogen-bond donors (Lipinski definition) is 1. The number of hydrogen-bond acceptors (Lipinski definition) is 4. The Morgan fingerprint density at radius 2 is 2.05 bits per heavy atom. The van der Waals surface area contributed by atoms with Gasteiger partial charge in [0, 0.05) is 12.4 Å². The molecule has 0 radical (unpaired) electrons. The van der Waals surface area contributed by atoms with Crippen molar-refractivity contribution in [2.45, 2.75) is 89.5 Å². The highest BCUT2D eigenvalue weighted by Crippen LogP contribution is 2.69. The monoisotopic (exact) mass is 504 g/mol. The molecule has 7 atom stereocenters. The maximum atomic E-state index is 10.7. The van der Waals surface area contributed by atoms with Crippen molar-refractivity contribution in [2.24, 2.45) is 23.2 Å². The highest BCUT2D eigenvalue weighted by Gasteiger charge is 2.72. The fourth-order valence-corrected chi connectivity index (χ4v) is 7.79. The largest absolute Gasteiger partial charge is 0.478 e. The van der Waals surface area contributed by atoms with Crippen LogP contribution in [0.5, 0.6) is 0 Å². The standard InChI is InChI=1S/C31H41BO5/c1-21(19-25-14-8-12-24(35-25)13-9-15-28(33)34)18-22(2)20-32-36-29-26-16-17-27(30(26,3)4)31(29,37-32)23-10-6-5-7-11-23/h5-12,15,21,24-27,29H,2,13-14,16-20H2,1,3-4H3,(H,33,34)/b15-9+/t21-,24-,25-,26-,27-,29-,31-/m0/s1. The van der Waals surface area contributed by atoms with Crippen molar-refractivity contribution in [1.29, 1.82) is 0 Å². The molecule has 0 aromatic heterocycles. The average Bonchev–Trinajstić information content (AvgIpc) is 3.42. The molecule has 2 heterocycles. The number of benzene rings is 1. The number of carbonyl (C=O) groups is 1. The first-order valence-electron chi connectivity index (χ1n) is 14.0. The third-order valence-corrected chi connectivity index (χ3v) is 9.28. The molecule has 6 heteroatoms. The van der Waals surface area contributed by atoms with Gasteiger partial charge in [-0.15, -0.1) is 6.58 Å². The lowest BCUT2D eigenvalue weighted by Crippen LogP contribution is -2.42. The fourth-order valence-electron chi connectivity index (χ4n) is 7.79. The zero-order valence-electron chi connectivity index (χ0n) is 22.5. The molecule has 0 amide bonds. The van der Waals surface area contributed by atoms with Gasteiger partial charge in [0.2, 0.25) is 0 Å². The summed E-state index contributed by atoms with van der Waals surface area (Å²) in [5.74, 6) is 0.487. The molecule has 0 spiro atoms. The van der Waals surface area contributed by atoms with Crippen LogP contribution in [0.4, 0.5) is 0 Å². The molecule has 1 saturated heterocycles. The minimum absolute atomic E-state index is 0.0572. The molecule has 0 unspecified atom stereocenters. The topological polar surface area (TPSA) is 65.0 Å². The number of fused-ring (bicyclic) bond motifs is 5. The number of allylic oxidation sites excluding steroid dienone is 1. The van der Waals surface area contributed by atoms with Gasteiger partial charge in [-0.25, -0.2) is 4.79 Å². The Kier molecular flexibility index (Phi) is 7.55. The van der Waals surface area contributed by atoms with E-state index in [1.807, 2.05) is 6.08 Å². The van der Waals surface area contributed by atoms with Crippen LogP contribution in [-0.4, -0.2) is 36.5 Å². The predicted molar refractivity (Wildman–Crippen MR) is 146 cm³/mol. The van der Waals surface area contributed by atoms with Gasteiger partial charge in [0.05, 0.1) is 18.3 Å². The Bertz CT molecular complexity index is 1050. The summed E-state index contributed by atoms with van der Waals surface area (Å²) in [5.41, 5.74) is 2.29. The lowest BCUT2D eigenvalue weighted by molar-refractivity contribution is -0.131. The summed E-state index contributed by atoms with van der Waals surface area (Å²) in [7, 11) is -0.247. The number of rotatable bonds is 10. The normalized spacial score (nSPS) is 34.7. The van der Waals surface area contributed by atoms with Crippen molar-refractivity contribution in [3.05, 3.63) is 72.4 Å². The first kappa shape index (κ1) is 26.5. The number of carboxylic acid groups (broad SMARTS) is 1. The third kappa shape index (κ3) is 5.13. The quantitative estimate of drug-likeness (QED) is 0.222. The van der Waals surface area contributed by atoms with Crippen LogP contribution >= 0.6 is 0 Å². The summed E-state index contributed by atoms with van der Waals surface area (Å²) >= 11 is 0. The van der Waals surface area contributed by atoms with Crippen LogP contribution in [-0.2, 0) is 24.4 Å². The van der Waals surface area contributed by atoms with E-state index in [4.69, 9.17) is 19.2 Å². The van der Waals surface area contributed by atoms with Gasteiger partial charge < -0.3 is 19.2 Å². The Morgan fingerprint density at radius 1 is 1.27 bits per heavy atom. The summed E-state index contributed by atoms with van der Waals surface area (Å²) < 4.78 is 19.9. The summed E-state index contributed by atoms with van der Waals surface area (Å²) in [5, 5.41) is 8.80. The van der Waals surface area contributed by atoms with E-state index >= 15 is 0 Å². The van der Waals surface area contributed by atoms with E-state index in [1.165, 1.54) is 30.1 Å². The average molecular weight is 504 g/mol. The van der Waals surface area contributed by atoms with Gasteiger partial charge in [0.25, 0.3) is 0 Å². The summed E-state index contributed by atoms with van der Waals surface area (Å²) in [6.45, 7) is 11.5. The van der Waals surface area contributed by atoms with Crippen molar-refractivity contribution in [2.75, 3.05) is 0 Å². The van der Waals surface area contributed by atoms with Crippen LogP contribution in [0, 0.1) is 23.2 Å². The number of aliphatic carboxylic acids is 1. The predicted octanol–water partition coefficient (Wildman–Crippen LogP) is 6.57. The molecule has 5 rings (SSSR count). The summed E-state index contributed by atoms with van der Waals surface area (Å²) in [6.07, 6.45) is 13.7. The van der Waals surface area contributed by atoms with Crippen molar-refractivity contribution in [3.63, 3.8) is 0 Å². The minimum Gasteiger partial charge on any atom is -0.478 e. The van der Waals surface area contributed by atoms with Crippen LogP contribution in [0.2, 0.25) is 6.32 Å². The molecule has 1 aromatic carbocycles. The van der Waals surface area contributed by atoms with Gasteiger partial charge >= 0.3 is 13.1 Å². The zero-order valence-corrected chi connectivity index (χ0v) is 22.5. The van der Waals surface area contributed by atoms with E-state index in [0.29, 0.717) is 24.2 Å². The van der Waals surface area contributed by atoms with Gasteiger partial charge in [0.1, 0.15) is 5.60 Å². The molecular weight excluding hydrogens is 463 g/mol. The number of ether oxygens (including phenoxy) is 1. The Hall–Kier alpha value is -2.15. The maximum absolute atomic E-state index is 10.7. The second-order valence-electron chi connectivity index (χ2n) is 12.3. The lowest BCUT2D eigenvalue weighted by Gasteiger charge is -2.39. The van der Waals surface area contributed by atoms with E-state index in [2.05, 4.69) is 63.8 Å². The molecule has 2 saturated carbocycles. The minimum atomic E-state index is -0.923. The van der Waals surface area contributed by atoms with E-state index in [9.17, 15) is 4.79 Å². The molecular formula is C31H41BO5. The summed E-state index contributed by atoms with van der Waals surface area (Å²) in [6, 6.07) is 10.7. The summed E-state index contributed by atoms with van der Waals surface area (Å²) in [4.78, 5) is 10.7. The van der Waals surface area contributed by atoms with Gasteiger partial charge in [-0.3, -0.25) is 0 Å². The fraction of sp³-hybridized carbons (Fsp3) is 0.581. The van der Waals surface area contributed by atoms with Crippen molar-refractivity contribution in [3.8, 4) is 0 Å². The Labute approximate surface area is 222 Å². The lowest BCUT2D eigenvalue weighted by atomic mass is 9.73. The van der Waals surface area contributed by atoms with Crippen LogP contribution < -0.4 is 0 Å². The molecule has 5 nitrogen and oxygen atoms in total. The van der Waals surface area contributed by atoms with E-state index in [0.717, 1.165) is 25.6 Å². The van der Waals surface area contributed by atoms with Gasteiger partial charge in [-0.05, 0) is 67.3 Å². The first-order valence-corrected chi connectivity index (χ1v) is 14.0. The number of carboxylic acids is 1. The van der Waals surface area contributed by atoms with Crippen molar-refractivity contribution < 1.29 is 23.9 Å². The Morgan fingerprint density at radius 3 is 2.81 bits per heavy atom. The molecule has 2 aliphatic carbocycles. The third-order valence-electron chi connectivity index (χ3n) is 9.28. The molecule has 2 aliphatic heterocycles. The highest BCUT2D eigenvalue weighted by molar-refractivity contribution is 6.46. The smallest absolute Gasteiger partial charge is 0.462 e. The first-order chi connectivity index (χ1) is 17.7. The highest BCUT2D eigenvalue weighted by atomic mass is 16.7. The van der Waals surface area contributed by atoms with Crippen molar-refractivity contribution >= 4 is 13.1 Å². The van der Waals surface area contributed by atoms with Gasteiger partial charge in [0.15, 0.2) is 0 Å². The molecule has 3 fully saturated rings. The van der Waals surface area contributed by atoms with Crippen molar-refractivity contribution in [1.82, 2.24) is 0 Å². The van der Waals surface area contributed by atoms with Gasteiger partial charge in [-0.2, -0.15) is 0 Å². The molecule has 4 aliphatic rings. The second kappa shape index (κ2) is 10.6. The molecule has 1 aromatic rings. The van der Waals surface area contributed by atoms with Crippen LogP contribution in [0.1, 0.15) is 64.9 Å².